The van der Waals surface area contributed by atoms with E-state index in [1.165, 1.54) is 13.5 Å². The van der Waals surface area contributed by atoms with Gasteiger partial charge < -0.3 is 14.2 Å². The van der Waals surface area contributed by atoms with Gasteiger partial charge in [0.25, 0.3) is 0 Å². The molecular formula is C16H20O4. The minimum absolute atomic E-state index is 0.360. The van der Waals surface area contributed by atoms with Gasteiger partial charge in [-0.05, 0) is 18.4 Å². The van der Waals surface area contributed by atoms with Crippen LogP contribution in [0.5, 0.6) is 0 Å². The highest BCUT2D eigenvalue weighted by molar-refractivity contribution is 5.76. The van der Waals surface area contributed by atoms with Crippen molar-refractivity contribution < 1.29 is 19.0 Å². The maximum Gasteiger partial charge on any atom is 0.338 e. The topological polar surface area (TPSA) is 44.8 Å². The molecule has 1 aromatic rings. The van der Waals surface area contributed by atoms with E-state index in [0.717, 1.165) is 31.2 Å². The van der Waals surface area contributed by atoms with Crippen LogP contribution in [-0.2, 0) is 19.0 Å². The Morgan fingerprint density at radius 3 is 2.50 bits per heavy atom. The number of esters is 1. The van der Waals surface area contributed by atoms with Crippen LogP contribution in [0.25, 0.3) is 0 Å². The first-order valence-corrected chi connectivity index (χ1v) is 7.22. The fraction of sp³-hybridized carbons (Fsp3) is 0.562. The van der Waals surface area contributed by atoms with Crippen LogP contribution < -0.4 is 0 Å². The van der Waals surface area contributed by atoms with E-state index in [0.29, 0.717) is 0 Å². The van der Waals surface area contributed by atoms with Gasteiger partial charge in [0.05, 0.1) is 7.11 Å². The Balaban J connectivity index is 1.88. The molecule has 1 spiro atoms. The SMILES string of the molecule is COC(=O)[C@H]1OC2(CCCCC2)O[C@H]1c1ccccc1. The molecule has 1 saturated carbocycles. The lowest BCUT2D eigenvalue weighted by Crippen LogP contribution is -2.35. The molecule has 0 amide bonds. The lowest BCUT2D eigenvalue weighted by atomic mass is 9.94. The van der Waals surface area contributed by atoms with E-state index < -0.39 is 11.9 Å². The quantitative estimate of drug-likeness (QED) is 0.779. The van der Waals surface area contributed by atoms with Crippen molar-refractivity contribution in [2.45, 2.75) is 50.1 Å². The van der Waals surface area contributed by atoms with E-state index in [4.69, 9.17) is 14.2 Å². The summed E-state index contributed by atoms with van der Waals surface area (Å²) >= 11 is 0. The first-order chi connectivity index (χ1) is 9.74. The van der Waals surface area contributed by atoms with Gasteiger partial charge in [-0.15, -0.1) is 0 Å². The normalized spacial score (nSPS) is 28.4. The van der Waals surface area contributed by atoms with Gasteiger partial charge >= 0.3 is 5.97 Å². The van der Waals surface area contributed by atoms with E-state index in [1.54, 1.807) is 0 Å². The molecule has 2 atom stereocenters. The summed E-state index contributed by atoms with van der Waals surface area (Å²) in [5, 5.41) is 0. The standard InChI is InChI=1S/C16H20O4/c1-18-15(17)14-13(12-8-4-2-5-9-12)19-16(20-14)10-6-3-7-11-16/h2,4-5,8-9,13-14H,3,6-7,10-11H2,1H3/t13-,14-/m0/s1. The second-order valence-electron chi connectivity index (χ2n) is 5.48. The van der Waals surface area contributed by atoms with Gasteiger partial charge in [0.15, 0.2) is 11.9 Å². The number of carbonyl (C=O) groups is 1. The summed E-state index contributed by atoms with van der Waals surface area (Å²) in [5.74, 6) is -0.959. The van der Waals surface area contributed by atoms with Crippen LogP contribution in [0.1, 0.15) is 43.8 Å². The van der Waals surface area contributed by atoms with Gasteiger partial charge in [0, 0.05) is 12.8 Å². The lowest BCUT2D eigenvalue weighted by Gasteiger charge is -2.31. The maximum absolute atomic E-state index is 12.0. The second-order valence-corrected chi connectivity index (χ2v) is 5.48. The number of ether oxygens (including phenoxy) is 3. The van der Waals surface area contributed by atoms with Crippen LogP contribution in [0.2, 0.25) is 0 Å². The molecule has 4 nitrogen and oxygen atoms in total. The Morgan fingerprint density at radius 2 is 1.85 bits per heavy atom. The van der Waals surface area contributed by atoms with Crippen molar-refractivity contribution in [3.8, 4) is 0 Å². The molecule has 3 rings (SSSR count). The molecule has 1 aliphatic carbocycles. The molecule has 1 aliphatic heterocycles. The van der Waals surface area contributed by atoms with Crippen LogP contribution in [0.3, 0.4) is 0 Å². The van der Waals surface area contributed by atoms with Crippen molar-refractivity contribution in [3.05, 3.63) is 35.9 Å². The minimum atomic E-state index is -0.666. The van der Waals surface area contributed by atoms with Crippen LogP contribution in [0.4, 0.5) is 0 Å². The summed E-state index contributed by atoms with van der Waals surface area (Å²) in [5.41, 5.74) is 0.963. The molecule has 0 aromatic heterocycles. The van der Waals surface area contributed by atoms with Crippen LogP contribution in [0, 0.1) is 0 Å². The van der Waals surface area contributed by atoms with E-state index in [9.17, 15) is 4.79 Å². The molecule has 1 aromatic carbocycles. The highest BCUT2D eigenvalue weighted by Gasteiger charge is 2.51. The van der Waals surface area contributed by atoms with E-state index in [1.807, 2.05) is 30.3 Å². The highest BCUT2D eigenvalue weighted by Crippen LogP contribution is 2.46. The Hall–Kier alpha value is -1.39. The zero-order chi connectivity index (χ0) is 14.0. The molecule has 2 aliphatic rings. The number of carbonyl (C=O) groups excluding carboxylic acids is 1. The third kappa shape index (κ3) is 2.45. The molecule has 4 heteroatoms. The van der Waals surface area contributed by atoms with Crippen molar-refractivity contribution >= 4 is 5.97 Å². The first-order valence-electron chi connectivity index (χ1n) is 7.22. The molecule has 20 heavy (non-hydrogen) atoms. The molecule has 1 saturated heterocycles. The third-order valence-electron chi connectivity index (χ3n) is 4.14. The molecule has 108 valence electrons. The maximum atomic E-state index is 12.0. The van der Waals surface area contributed by atoms with Crippen molar-refractivity contribution in [3.63, 3.8) is 0 Å². The molecule has 0 radical (unpaired) electrons. The van der Waals surface area contributed by atoms with E-state index >= 15 is 0 Å². The largest absolute Gasteiger partial charge is 0.467 e. The zero-order valence-corrected chi connectivity index (χ0v) is 11.7. The summed E-state index contributed by atoms with van der Waals surface area (Å²) in [6.45, 7) is 0. The summed E-state index contributed by atoms with van der Waals surface area (Å²) < 4.78 is 17.1. The van der Waals surface area contributed by atoms with Crippen molar-refractivity contribution in [1.82, 2.24) is 0 Å². The number of rotatable bonds is 2. The molecule has 0 N–H and O–H groups in total. The summed E-state index contributed by atoms with van der Waals surface area (Å²) in [6, 6.07) is 9.76. The molecular weight excluding hydrogens is 256 g/mol. The minimum Gasteiger partial charge on any atom is -0.467 e. The Bertz CT molecular complexity index is 465. The van der Waals surface area contributed by atoms with Gasteiger partial charge in [-0.1, -0.05) is 36.8 Å². The summed E-state index contributed by atoms with van der Waals surface area (Å²) in [6.07, 6.45) is 4.02. The van der Waals surface area contributed by atoms with E-state index in [-0.39, 0.29) is 12.1 Å². The average Bonchev–Trinajstić information content (AvgIpc) is 2.87. The van der Waals surface area contributed by atoms with Crippen LogP contribution in [-0.4, -0.2) is 25.0 Å². The number of benzene rings is 1. The van der Waals surface area contributed by atoms with Gasteiger partial charge in [0.1, 0.15) is 6.10 Å². The van der Waals surface area contributed by atoms with Crippen molar-refractivity contribution in [2.24, 2.45) is 0 Å². The third-order valence-corrected chi connectivity index (χ3v) is 4.14. The highest BCUT2D eigenvalue weighted by atomic mass is 16.8. The molecule has 0 unspecified atom stereocenters. The van der Waals surface area contributed by atoms with Crippen molar-refractivity contribution in [1.29, 1.82) is 0 Å². The van der Waals surface area contributed by atoms with Gasteiger partial charge in [-0.3, -0.25) is 0 Å². The van der Waals surface area contributed by atoms with Gasteiger partial charge in [0.2, 0.25) is 0 Å². The number of methoxy groups -OCH3 is 1. The smallest absolute Gasteiger partial charge is 0.338 e. The van der Waals surface area contributed by atoms with Crippen molar-refractivity contribution in [2.75, 3.05) is 7.11 Å². The van der Waals surface area contributed by atoms with Gasteiger partial charge in [-0.25, -0.2) is 4.79 Å². The number of hydrogen-bond acceptors (Lipinski definition) is 4. The van der Waals surface area contributed by atoms with E-state index in [2.05, 4.69) is 0 Å². The van der Waals surface area contributed by atoms with Crippen LogP contribution in [0.15, 0.2) is 30.3 Å². The Morgan fingerprint density at radius 1 is 1.15 bits per heavy atom. The first kappa shape index (κ1) is 13.6. The predicted octanol–water partition coefficient (Wildman–Crippen LogP) is 2.98. The molecule has 0 bridgehead atoms. The zero-order valence-electron chi connectivity index (χ0n) is 11.7. The van der Waals surface area contributed by atoms with Crippen LogP contribution >= 0.6 is 0 Å². The molecule has 2 fully saturated rings. The Labute approximate surface area is 119 Å². The average molecular weight is 276 g/mol. The summed E-state index contributed by atoms with van der Waals surface area (Å²) in [7, 11) is 1.39. The second kappa shape index (κ2) is 5.54. The molecule has 1 heterocycles. The fourth-order valence-corrected chi connectivity index (χ4v) is 3.11. The Kier molecular flexibility index (Phi) is 3.76. The predicted molar refractivity (Wildman–Crippen MR) is 73.0 cm³/mol. The fourth-order valence-electron chi connectivity index (χ4n) is 3.11. The van der Waals surface area contributed by atoms with Gasteiger partial charge in [-0.2, -0.15) is 0 Å². The summed E-state index contributed by atoms with van der Waals surface area (Å²) in [4.78, 5) is 12.0. The number of hydrogen-bond donors (Lipinski definition) is 0. The monoisotopic (exact) mass is 276 g/mol. The lowest BCUT2D eigenvalue weighted by molar-refractivity contribution is -0.199.